The lowest BCUT2D eigenvalue weighted by atomic mass is 10.2. The van der Waals surface area contributed by atoms with Gasteiger partial charge in [-0.2, -0.15) is 5.10 Å². The van der Waals surface area contributed by atoms with Gasteiger partial charge in [0, 0.05) is 41.3 Å². The van der Waals surface area contributed by atoms with E-state index in [0.29, 0.717) is 5.69 Å². The SMILES string of the molecule is CCn1cc(/C=N/Nc2ccc([N+](=O)[O-])cc2)c2ccccc21. The van der Waals surface area contributed by atoms with Gasteiger partial charge in [-0.25, -0.2) is 0 Å². The second-order valence-corrected chi connectivity index (χ2v) is 5.06. The van der Waals surface area contributed by atoms with Gasteiger partial charge in [0.25, 0.3) is 5.69 Å². The Kier molecular flexibility index (Phi) is 4.05. The minimum atomic E-state index is -0.424. The van der Waals surface area contributed by atoms with E-state index in [1.807, 2.05) is 12.1 Å². The maximum absolute atomic E-state index is 10.6. The van der Waals surface area contributed by atoms with Gasteiger partial charge < -0.3 is 4.57 Å². The van der Waals surface area contributed by atoms with E-state index < -0.39 is 4.92 Å². The third-order valence-corrected chi connectivity index (χ3v) is 3.64. The van der Waals surface area contributed by atoms with Crippen LogP contribution in [-0.2, 0) is 6.54 Å². The predicted molar refractivity (Wildman–Crippen MR) is 91.9 cm³/mol. The molecule has 2 aromatic carbocycles. The van der Waals surface area contributed by atoms with Crippen LogP contribution in [0.2, 0.25) is 0 Å². The first-order chi connectivity index (χ1) is 11.2. The lowest BCUT2D eigenvalue weighted by Gasteiger charge is -1.99. The first-order valence-electron chi connectivity index (χ1n) is 7.30. The normalized spacial score (nSPS) is 11.2. The number of nitro groups is 1. The number of benzene rings is 2. The van der Waals surface area contributed by atoms with Gasteiger partial charge in [0.05, 0.1) is 16.8 Å². The lowest BCUT2D eigenvalue weighted by molar-refractivity contribution is -0.384. The minimum Gasteiger partial charge on any atom is -0.347 e. The molecule has 0 saturated heterocycles. The molecule has 6 nitrogen and oxygen atoms in total. The van der Waals surface area contributed by atoms with Crippen LogP contribution in [0.25, 0.3) is 10.9 Å². The van der Waals surface area contributed by atoms with Crippen molar-refractivity contribution in [2.45, 2.75) is 13.5 Å². The Morgan fingerprint density at radius 1 is 1.22 bits per heavy atom. The van der Waals surface area contributed by atoms with Crippen LogP contribution in [0.3, 0.4) is 0 Å². The molecule has 0 saturated carbocycles. The zero-order valence-corrected chi connectivity index (χ0v) is 12.6. The van der Waals surface area contributed by atoms with Gasteiger partial charge in [-0.1, -0.05) is 18.2 Å². The quantitative estimate of drug-likeness (QED) is 0.439. The van der Waals surface area contributed by atoms with E-state index in [1.165, 1.54) is 17.6 Å². The molecule has 1 aromatic heterocycles. The number of nitrogens with zero attached hydrogens (tertiary/aromatic N) is 3. The highest BCUT2D eigenvalue weighted by atomic mass is 16.6. The summed E-state index contributed by atoms with van der Waals surface area (Å²) in [5, 5.41) is 16.0. The maximum Gasteiger partial charge on any atom is 0.269 e. The van der Waals surface area contributed by atoms with Crippen LogP contribution in [0, 0.1) is 10.1 Å². The first-order valence-corrected chi connectivity index (χ1v) is 7.30. The van der Waals surface area contributed by atoms with Crippen LogP contribution in [-0.4, -0.2) is 15.7 Å². The van der Waals surface area contributed by atoms with E-state index in [2.05, 4.69) is 40.3 Å². The van der Waals surface area contributed by atoms with Gasteiger partial charge in [0.15, 0.2) is 0 Å². The number of non-ortho nitro benzene ring substituents is 1. The molecule has 116 valence electrons. The summed E-state index contributed by atoms with van der Waals surface area (Å²) in [6, 6.07) is 14.3. The molecule has 0 spiro atoms. The van der Waals surface area contributed by atoms with E-state index in [4.69, 9.17) is 0 Å². The van der Waals surface area contributed by atoms with Crippen molar-refractivity contribution in [3.05, 3.63) is 70.4 Å². The van der Waals surface area contributed by atoms with Crippen molar-refractivity contribution in [3.8, 4) is 0 Å². The van der Waals surface area contributed by atoms with Gasteiger partial charge in [0.2, 0.25) is 0 Å². The van der Waals surface area contributed by atoms with Crippen LogP contribution in [0.1, 0.15) is 12.5 Å². The summed E-state index contributed by atoms with van der Waals surface area (Å²) in [5.74, 6) is 0. The Balaban J connectivity index is 1.79. The third-order valence-electron chi connectivity index (χ3n) is 3.64. The number of aryl methyl sites for hydroxylation is 1. The molecule has 0 aliphatic carbocycles. The fourth-order valence-electron chi connectivity index (χ4n) is 2.47. The molecule has 1 N–H and O–H groups in total. The van der Waals surface area contributed by atoms with Crippen molar-refractivity contribution >= 4 is 28.5 Å². The standard InChI is InChI=1S/C17H16N4O2/c1-2-20-12-13(16-5-3-4-6-17(16)20)11-18-19-14-7-9-15(10-8-14)21(22)23/h3-12,19H,2H2,1H3/b18-11+. The number of anilines is 1. The van der Waals surface area contributed by atoms with Crippen molar-refractivity contribution in [3.63, 3.8) is 0 Å². The van der Waals surface area contributed by atoms with Crippen molar-refractivity contribution in [1.29, 1.82) is 0 Å². The molecule has 0 atom stereocenters. The van der Waals surface area contributed by atoms with Crippen LogP contribution >= 0.6 is 0 Å². The zero-order chi connectivity index (χ0) is 16.2. The first kappa shape index (κ1) is 14.8. The number of nitrogens with one attached hydrogen (secondary N) is 1. The number of rotatable bonds is 5. The average Bonchev–Trinajstić information content (AvgIpc) is 2.94. The van der Waals surface area contributed by atoms with E-state index in [0.717, 1.165) is 17.5 Å². The molecule has 0 aliphatic heterocycles. The van der Waals surface area contributed by atoms with Crippen molar-refractivity contribution in [2.24, 2.45) is 5.10 Å². The van der Waals surface area contributed by atoms with E-state index in [1.54, 1.807) is 18.3 Å². The summed E-state index contributed by atoms with van der Waals surface area (Å²) < 4.78 is 2.17. The Morgan fingerprint density at radius 3 is 2.65 bits per heavy atom. The topological polar surface area (TPSA) is 72.5 Å². The number of hydrazone groups is 1. The van der Waals surface area contributed by atoms with E-state index >= 15 is 0 Å². The number of aromatic nitrogens is 1. The number of fused-ring (bicyclic) bond motifs is 1. The molecule has 3 aromatic rings. The molecule has 0 bridgehead atoms. The highest BCUT2D eigenvalue weighted by Crippen LogP contribution is 2.20. The molecule has 0 amide bonds. The van der Waals surface area contributed by atoms with Gasteiger partial charge in [0.1, 0.15) is 0 Å². The molecule has 0 fully saturated rings. The van der Waals surface area contributed by atoms with Gasteiger partial charge in [-0.3, -0.25) is 15.5 Å². The smallest absolute Gasteiger partial charge is 0.269 e. The van der Waals surface area contributed by atoms with Crippen molar-refractivity contribution < 1.29 is 4.92 Å². The average molecular weight is 308 g/mol. The van der Waals surface area contributed by atoms with Crippen LogP contribution in [0.15, 0.2) is 59.8 Å². The maximum atomic E-state index is 10.6. The highest BCUT2D eigenvalue weighted by molar-refractivity contribution is 5.99. The van der Waals surface area contributed by atoms with Gasteiger partial charge >= 0.3 is 0 Å². The summed E-state index contributed by atoms with van der Waals surface area (Å²) >= 11 is 0. The number of hydrogen-bond acceptors (Lipinski definition) is 4. The fourth-order valence-corrected chi connectivity index (χ4v) is 2.47. The van der Waals surface area contributed by atoms with E-state index in [9.17, 15) is 10.1 Å². The summed E-state index contributed by atoms with van der Waals surface area (Å²) in [4.78, 5) is 10.2. The van der Waals surface area contributed by atoms with Crippen LogP contribution in [0.4, 0.5) is 11.4 Å². The fraction of sp³-hybridized carbons (Fsp3) is 0.118. The summed E-state index contributed by atoms with van der Waals surface area (Å²) in [6.07, 6.45) is 3.82. The second-order valence-electron chi connectivity index (χ2n) is 5.06. The molecule has 3 rings (SSSR count). The van der Waals surface area contributed by atoms with Gasteiger partial charge in [-0.05, 0) is 25.1 Å². The Morgan fingerprint density at radius 2 is 1.96 bits per heavy atom. The summed E-state index contributed by atoms with van der Waals surface area (Å²) in [5.41, 5.74) is 5.85. The lowest BCUT2D eigenvalue weighted by Crippen LogP contribution is -1.92. The molecule has 0 unspecified atom stereocenters. The second kappa shape index (κ2) is 6.31. The Hall–Kier alpha value is -3.15. The molecular weight excluding hydrogens is 292 g/mol. The van der Waals surface area contributed by atoms with Gasteiger partial charge in [-0.15, -0.1) is 0 Å². The highest BCUT2D eigenvalue weighted by Gasteiger charge is 2.05. The zero-order valence-electron chi connectivity index (χ0n) is 12.6. The number of nitro benzene ring substituents is 1. The van der Waals surface area contributed by atoms with Crippen LogP contribution < -0.4 is 5.43 Å². The van der Waals surface area contributed by atoms with E-state index in [-0.39, 0.29) is 5.69 Å². The molecule has 6 heteroatoms. The monoisotopic (exact) mass is 308 g/mol. The Labute approximate surface area is 133 Å². The third kappa shape index (κ3) is 3.06. The molecule has 23 heavy (non-hydrogen) atoms. The summed E-state index contributed by atoms with van der Waals surface area (Å²) in [6.45, 7) is 2.99. The number of hydrogen-bond donors (Lipinski definition) is 1. The van der Waals surface area contributed by atoms with Crippen molar-refractivity contribution in [1.82, 2.24) is 4.57 Å². The number of para-hydroxylation sites is 1. The summed E-state index contributed by atoms with van der Waals surface area (Å²) in [7, 11) is 0. The Bertz CT molecular complexity index is 866. The van der Waals surface area contributed by atoms with Crippen molar-refractivity contribution in [2.75, 3.05) is 5.43 Å². The molecule has 1 heterocycles. The minimum absolute atomic E-state index is 0.0607. The van der Waals surface area contributed by atoms with Crippen LogP contribution in [0.5, 0.6) is 0 Å². The predicted octanol–water partition coefficient (Wildman–Crippen LogP) is 4.02. The largest absolute Gasteiger partial charge is 0.347 e. The molecule has 0 aliphatic rings. The molecule has 0 radical (unpaired) electrons. The molecular formula is C17H16N4O2.